The van der Waals surface area contributed by atoms with Crippen LogP contribution in [0.3, 0.4) is 0 Å². The second-order valence-electron chi connectivity index (χ2n) is 5.79. The summed E-state index contributed by atoms with van der Waals surface area (Å²) in [6, 6.07) is 6.46. The third-order valence-corrected chi connectivity index (χ3v) is 4.68. The van der Waals surface area contributed by atoms with Gasteiger partial charge in [0.15, 0.2) is 4.77 Å². The molecule has 0 amide bonds. The predicted molar refractivity (Wildman–Crippen MR) is 78.6 cm³/mol. The van der Waals surface area contributed by atoms with Crippen LogP contribution in [0, 0.1) is 11.7 Å². The van der Waals surface area contributed by atoms with Crippen molar-refractivity contribution in [1.82, 2.24) is 9.55 Å². The van der Waals surface area contributed by atoms with Crippen LogP contribution in [0.4, 0.5) is 0 Å². The van der Waals surface area contributed by atoms with Gasteiger partial charge in [0.2, 0.25) is 0 Å². The van der Waals surface area contributed by atoms with Crippen LogP contribution in [0.15, 0.2) is 18.2 Å². The Morgan fingerprint density at radius 1 is 1.22 bits per heavy atom. The molecule has 0 atom stereocenters. The summed E-state index contributed by atoms with van der Waals surface area (Å²) in [4.78, 5) is 3.40. The van der Waals surface area contributed by atoms with Crippen LogP contribution < -0.4 is 0 Å². The summed E-state index contributed by atoms with van der Waals surface area (Å²) < 4.78 is 3.24. The molecular weight excluding hydrogens is 240 g/mol. The normalized spacial score (nSPS) is 19.2. The monoisotopic (exact) mass is 260 g/mol. The summed E-state index contributed by atoms with van der Waals surface area (Å²) in [5.41, 5.74) is 3.94. The molecule has 0 radical (unpaired) electrons. The Kier molecular flexibility index (Phi) is 2.81. The Balaban J connectivity index is 2.25. The first-order chi connectivity index (χ1) is 8.62. The Morgan fingerprint density at radius 3 is 2.67 bits per heavy atom. The molecule has 3 rings (SSSR count). The largest absolute Gasteiger partial charge is 0.330 e. The van der Waals surface area contributed by atoms with Crippen molar-refractivity contribution in [1.29, 1.82) is 0 Å². The summed E-state index contributed by atoms with van der Waals surface area (Å²) >= 11 is 5.57. The van der Waals surface area contributed by atoms with E-state index in [1.54, 1.807) is 0 Å². The smallest absolute Gasteiger partial charge is 0.178 e. The van der Waals surface area contributed by atoms with Gasteiger partial charge < -0.3 is 9.55 Å². The lowest BCUT2D eigenvalue weighted by molar-refractivity contribution is 0.222. The second-order valence-corrected chi connectivity index (χ2v) is 6.18. The van der Waals surface area contributed by atoms with Crippen molar-refractivity contribution in [2.75, 3.05) is 0 Å². The first kappa shape index (κ1) is 12.0. The van der Waals surface area contributed by atoms with E-state index in [4.69, 9.17) is 12.2 Å². The fourth-order valence-electron chi connectivity index (χ4n) is 3.35. The molecule has 1 N–H and O–H groups in total. The number of aromatic nitrogens is 2. The molecule has 1 heterocycles. The van der Waals surface area contributed by atoms with Crippen LogP contribution in [0.25, 0.3) is 11.0 Å². The highest BCUT2D eigenvalue weighted by Gasteiger charge is 2.30. The third-order valence-electron chi connectivity index (χ3n) is 4.40. The van der Waals surface area contributed by atoms with Gasteiger partial charge in [0.25, 0.3) is 0 Å². The second kappa shape index (κ2) is 4.23. The first-order valence-electron chi connectivity index (χ1n) is 6.83. The Hall–Kier alpha value is -1.09. The van der Waals surface area contributed by atoms with E-state index in [-0.39, 0.29) is 5.54 Å². The minimum Gasteiger partial charge on any atom is -0.330 e. The van der Waals surface area contributed by atoms with Crippen LogP contribution in [0.2, 0.25) is 0 Å². The van der Waals surface area contributed by atoms with Crippen molar-refractivity contribution in [3.63, 3.8) is 0 Å². The van der Waals surface area contributed by atoms with Crippen molar-refractivity contribution in [2.45, 2.75) is 51.5 Å². The van der Waals surface area contributed by atoms with Gasteiger partial charge in [-0.1, -0.05) is 31.4 Å². The lowest BCUT2D eigenvalue weighted by Crippen LogP contribution is -2.32. The van der Waals surface area contributed by atoms with E-state index in [9.17, 15) is 0 Å². The number of nitrogens with zero attached hydrogens (tertiary/aromatic N) is 1. The highest BCUT2D eigenvalue weighted by molar-refractivity contribution is 7.71. The Bertz CT molecular complexity index is 629. The molecule has 0 spiro atoms. The molecule has 2 nitrogen and oxygen atoms in total. The van der Waals surface area contributed by atoms with Gasteiger partial charge in [0.1, 0.15) is 0 Å². The molecule has 1 fully saturated rings. The van der Waals surface area contributed by atoms with Gasteiger partial charge in [-0.25, -0.2) is 0 Å². The molecule has 2 aromatic rings. The zero-order chi connectivity index (χ0) is 12.8. The van der Waals surface area contributed by atoms with Crippen molar-refractivity contribution in [3.8, 4) is 0 Å². The van der Waals surface area contributed by atoms with E-state index in [0.717, 1.165) is 4.77 Å². The number of hydrogen-bond donors (Lipinski definition) is 1. The van der Waals surface area contributed by atoms with Gasteiger partial charge >= 0.3 is 0 Å². The quantitative estimate of drug-likeness (QED) is 0.738. The number of imidazole rings is 1. The minimum absolute atomic E-state index is 0.196. The number of aryl methyl sites for hydroxylation is 1. The average Bonchev–Trinajstić information content (AvgIpc) is 2.68. The molecule has 3 heteroatoms. The van der Waals surface area contributed by atoms with Gasteiger partial charge in [-0.15, -0.1) is 0 Å². The minimum atomic E-state index is 0.196. The van der Waals surface area contributed by atoms with Crippen molar-refractivity contribution in [3.05, 3.63) is 28.5 Å². The number of hydrogen-bond acceptors (Lipinski definition) is 1. The Labute approximate surface area is 113 Å². The molecular formula is C15H20N2S. The predicted octanol–water partition coefficient (Wildman–Crippen LogP) is 4.69. The van der Waals surface area contributed by atoms with E-state index in [1.807, 2.05) is 0 Å². The van der Waals surface area contributed by atoms with Gasteiger partial charge in [0.05, 0.1) is 11.0 Å². The molecule has 96 valence electrons. The van der Waals surface area contributed by atoms with Crippen molar-refractivity contribution < 1.29 is 0 Å². The lowest BCUT2D eigenvalue weighted by Gasteiger charge is -2.35. The lowest BCUT2D eigenvalue weighted by atomic mass is 9.83. The van der Waals surface area contributed by atoms with Gasteiger partial charge in [0, 0.05) is 5.54 Å². The molecule has 1 aromatic heterocycles. The van der Waals surface area contributed by atoms with E-state index < -0.39 is 0 Å². The highest BCUT2D eigenvalue weighted by atomic mass is 32.1. The number of H-pyrrole nitrogens is 1. The summed E-state index contributed by atoms with van der Waals surface area (Å²) in [6.07, 6.45) is 6.47. The number of para-hydroxylation sites is 1. The molecule has 1 aliphatic carbocycles. The van der Waals surface area contributed by atoms with E-state index in [1.165, 1.54) is 48.7 Å². The molecule has 1 aromatic carbocycles. The highest BCUT2D eigenvalue weighted by Crippen LogP contribution is 2.37. The topological polar surface area (TPSA) is 20.7 Å². The van der Waals surface area contributed by atoms with Crippen LogP contribution in [0.5, 0.6) is 0 Å². The SMILES string of the molecule is Cc1cccc2c1[nH]c(=S)n2C1(C)CCCCC1. The zero-order valence-electron chi connectivity index (χ0n) is 11.1. The zero-order valence-corrected chi connectivity index (χ0v) is 11.9. The van der Waals surface area contributed by atoms with Crippen LogP contribution >= 0.6 is 12.2 Å². The van der Waals surface area contributed by atoms with Gasteiger partial charge in [-0.3, -0.25) is 0 Å². The fourth-order valence-corrected chi connectivity index (χ4v) is 3.77. The number of aromatic amines is 1. The molecule has 1 aliphatic rings. The molecule has 0 aliphatic heterocycles. The van der Waals surface area contributed by atoms with Gasteiger partial charge in [-0.2, -0.15) is 0 Å². The van der Waals surface area contributed by atoms with Crippen LogP contribution in [-0.2, 0) is 5.54 Å². The molecule has 0 saturated heterocycles. The Morgan fingerprint density at radius 2 is 1.94 bits per heavy atom. The standard InChI is InChI=1S/C15H20N2S/c1-11-7-6-8-12-13(11)16-14(18)17(12)15(2)9-4-3-5-10-15/h6-8H,3-5,9-10H2,1-2H3,(H,16,18). The number of nitrogens with one attached hydrogen (secondary N) is 1. The number of rotatable bonds is 1. The number of fused-ring (bicyclic) bond motifs is 1. The maximum atomic E-state index is 5.57. The van der Waals surface area contributed by atoms with Crippen molar-refractivity contribution in [2.24, 2.45) is 0 Å². The van der Waals surface area contributed by atoms with E-state index in [2.05, 4.69) is 41.6 Å². The van der Waals surface area contributed by atoms with Crippen molar-refractivity contribution >= 4 is 23.3 Å². The third kappa shape index (κ3) is 1.72. The molecule has 1 saturated carbocycles. The van der Waals surface area contributed by atoms with Crippen LogP contribution in [0.1, 0.15) is 44.6 Å². The maximum absolute atomic E-state index is 5.57. The molecule has 0 unspecified atom stereocenters. The summed E-state index contributed by atoms with van der Waals surface area (Å²) in [7, 11) is 0. The maximum Gasteiger partial charge on any atom is 0.178 e. The fraction of sp³-hybridized carbons (Fsp3) is 0.533. The number of benzene rings is 1. The molecule has 18 heavy (non-hydrogen) atoms. The average molecular weight is 260 g/mol. The van der Waals surface area contributed by atoms with E-state index in [0.29, 0.717) is 0 Å². The first-order valence-corrected chi connectivity index (χ1v) is 7.23. The van der Waals surface area contributed by atoms with Gasteiger partial charge in [-0.05, 0) is 50.5 Å². The summed E-state index contributed by atoms with van der Waals surface area (Å²) in [5.74, 6) is 0. The molecule has 0 bridgehead atoms. The summed E-state index contributed by atoms with van der Waals surface area (Å²) in [5, 5.41) is 0. The summed E-state index contributed by atoms with van der Waals surface area (Å²) in [6.45, 7) is 4.50. The van der Waals surface area contributed by atoms with E-state index >= 15 is 0 Å². The van der Waals surface area contributed by atoms with Crippen LogP contribution in [-0.4, -0.2) is 9.55 Å².